The molecule has 1 fully saturated rings. The first-order chi connectivity index (χ1) is 18.2. The minimum Gasteiger partial charge on any atom is -0.418 e. The predicted molar refractivity (Wildman–Crippen MR) is 146 cm³/mol. The summed E-state index contributed by atoms with van der Waals surface area (Å²) in [5, 5.41) is 7.96. The van der Waals surface area contributed by atoms with Gasteiger partial charge in [-0.05, 0) is 37.2 Å². The van der Waals surface area contributed by atoms with Crippen molar-refractivity contribution in [2.45, 2.75) is 72.0 Å². The minimum absolute atomic E-state index is 0.224. The number of nitrogens with zero attached hydrogens (tertiary/aromatic N) is 4. The maximum atomic E-state index is 13.9. The molecular weight excluding hydrogens is 522 g/mol. The van der Waals surface area contributed by atoms with Crippen molar-refractivity contribution >= 4 is 27.6 Å². The molecule has 0 spiro atoms. The van der Waals surface area contributed by atoms with Crippen molar-refractivity contribution in [3.8, 4) is 0 Å². The lowest BCUT2D eigenvalue weighted by atomic mass is 9.95. The van der Waals surface area contributed by atoms with Gasteiger partial charge in [0, 0.05) is 18.8 Å². The van der Waals surface area contributed by atoms with Gasteiger partial charge in [-0.1, -0.05) is 57.5 Å². The topological polar surface area (TPSA) is 157 Å². The number of carbonyl (C=O) groups excluding carboxylic acids is 3. The van der Waals surface area contributed by atoms with Crippen molar-refractivity contribution in [3.63, 3.8) is 0 Å². The number of aryl methyl sites for hydroxylation is 1. The zero-order valence-electron chi connectivity index (χ0n) is 23.5. The fourth-order valence-electron chi connectivity index (χ4n) is 4.81. The molecule has 3 atom stereocenters. The van der Waals surface area contributed by atoms with Crippen LogP contribution in [0, 0.1) is 18.8 Å². The third kappa shape index (κ3) is 7.51. The number of benzene rings is 1. The molecule has 0 radical (unpaired) electrons. The minimum atomic E-state index is -3.39. The number of rotatable bonds is 10. The first-order valence-corrected chi connectivity index (χ1v) is 15.2. The van der Waals surface area contributed by atoms with E-state index in [4.69, 9.17) is 10.2 Å². The number of hydrogen-bond acceptors (Lipinski definition) is 9. The molecule has 1 aliphatic heterocycles. The Morgan fingerprint density at radius 3 is 2.44 bits per heavy atom. The smallest absolute Gasteiger partial charge is 0.327 e. The molecule has 0 unspecified atom stereocenters. The molecule has 1 saturated heterocycles. The van der Waals surface area contributed by atoms with Gasteiger partial charge in [0.25, 0.3) is 5.89 Å². The summed E-state index contributed by atoms with van der Waals surface area (Å²) in [6, 6.07) is 4.07. The maximum Gasteiger partial charge on any atom is 0.327 e. The Bertz CT molecular complexity index is 1310. The van der Waals surface area contributed by atoms with Gasteiger partial charge < -0.3 is 15.1 Å². The van der Waals surface area contributed by atoms with Gasteiger partial charge in [0.15, 0.2) is 0 Å². The molecule has 11 nitrogen and oxygen atoms in total. The molecule has 0 aliphatic carbocycles. The summed E-state index contributed by atoms with van der Waals surface area (Å²) in [7, 11) is -3.39. The van der Waals surface area contributed by atoms with E-state index in [0.717, 1.165) is 22.3 Å². The zero-order valence-corrected chi connectivity index (χ0v) is 24.3. The van der Waals surface area contributed by atoms with E-state index in [2.05, 4.69) is 10.2 Å². The van der Waals surface area contributed by atoms with Crippen LogP contribution in [0.25, 0.3) is 0 Å². The Morgan fingerprint density at radius 1 is 1.15 bits per heavy atom. The average molecular weight is 562 g/mol. The van der Waals surface area contributed by atoms with Crippen LogP contribution < -0.4 is 5.73 Å². The first kappa shape index (κ1) is 30.4. The van der Waals surface area contributed by atoms with Crippen LogP contribution in [0.15, 0.2) is 28.7 Å². The zero-order chi connectivity index (χ0) is 29.1. The number of carbonyl (C=O) groups is 3. The normalized spacial score (nSPS) is 17.5. The fraction of sp³-hybridized carbons (Fsp3) is 0.593. The number of ketones is 1. The molecule has 2 N–H and O–H groups in total. The van der Waals surface area contributed by atoms with E-state index in [1.54, 1.807) is 27.7 Å². The molecular formula is C27H39N5O6S. The second-order valence-electron chi connectivity index (χ2n) is 11.1. The molecule has 0 saturated carbocycles. The monoisotopic (exact) mass is 561 g/mol. The molecule has 1 aromatic carbocycles. The quantitative estimate of drug-likeness (QED) is 0.431. The maximum absolute atomic E-state index is 13.9. The number of urea groups is 1. The van der Waals surface area contributed by atoms with E-state index in [1.165, 1.54) is 4.90 Å². The number of sulfone groups is 1. The van der Waals surface area contributed by atoms with Crippen LogP contribution in [0.3, 0.4) is 0 Å². The Kier molecular flexibility index (Phi) is 9.65. The van der Waals surface area contributed by atoms with E-state index in [1.807, 2.05) is 31.2 Å². The highest BCUT2D eigenvalue weighted by molar-refractivity contribution is 7.90. The number of Topliss-reactive ketones (excluding diaryl/α,β-unsaturated/α-hetero) is 1. The largest absolute Gasteiger partial charge is 0.418 e. The van der Waals surface area contributed by atoms with E-state index in [0.29, 0.717) is 19.3 Å². The van der Waals surface area contributed by atoms with Gasteiger partial charge in [-0.2, -0.15) is 0 Å². The highest BCUT2D eigenvalue weighted by Gasteiger charge is 2.45. The van der Waals surface area contributed by atoms with Crippen molar-refractivity contribution in [1.82, 2.24) is 20.0 Å². The van der Waals surface area contributed by atoms with Crippen molar-refractivity contribution in [1.29, 1.82) is 0 Å². The lowest BCUT2D eigenvalue weighted by Crippen LogP contribution is -2.61. The second kappa shape index (κ2) is 12.4. The van der Waals surface area contributed by atoms with E-state index < -0.39 is 51.6 Å². The number of imide groups is 1. The van der Waals surface area contributed by atoms with E-state index in [-0.39, 0.29) is 30.0 Å². The summed E-state index contributed by atoms with van der Waals surface area (Å²) in [6.45, 7) is 9.13. The van der Waals surface area contributed by atoms with Gasteiger partial charge in [-0.15, -0.1) is 10.2 Å². The molecule has 3 amide bonds. The molecule has 2 aromatic rings. The molecule has 1 aliphatic rings. The Morgan fingerprint density at radius 2 is 1.85 bits per heavy atom. The van der Waals surface area contributed by atoms with Crippen LogP contribution in [-0.2, 0) is 21.1 Å². The third-order valence-electron chi connectivity index (χ3n) is 6.86. The van der Waals surface area contributed by atoms with Gasteiger partial charge in [0.1, 0.15) is 15.9 Å². The van der Waals surface area contributed by atoms with Gasteiger partial charge in [-0.3, -0.25) is 14.5 Å². The number of likely N-dealkylation sites (tertiary alicyclic amines) is 1. The van der Waals surface area contributed by atoms with Crippen molar-refractivity contribution in [2.75, 3.05) is 18.6 Å². The standard InChI is InChI=1S/C27H39N5O6S/c1-16(2)22(28)26(34)32(27(35)31-12-8-11-20(31)15-39(6,36)37)23(17(3)4)24(33)25-30-29-21(38-25)14-19-10-7-9-18(5)13-19/h7,9-10,13,16-17,20,22-23H,8,11-12,14-15,28H2,1-6H3/t20-,22-,23-/m0/s1. The highest BCUT2D eigenvalue weighted by Crippen LogP contribution is 2.26. The molecule has 3 rings (SSSR count). The fourth-order valence-corrected chi connectivity index (χ4v) is 5.86. The van der Waals surface area contributed by atoms with Crippen LogP contribution >= 0.6 is 0 Å². The van der Waals surface area contributed by atoms with E-state index >= 15 is 0 Å². The molecule has 2 heterocycles. The number of hydrogen-bond donors (Lipinski definition) is 1. The predicted octanol–water partition coefficient (Wildman–Crippen LogP) is 2.62. The van der Waals surface area contributed by atoms with Crippen LogP contribution in [0.5, 0.6) is 0 Å². The second-order valence-corrected chi connectivity index (χ2v) is 13.2. The number of amides is 3. The van der Waals surface area contributed by atoms with Crippen LogP contribution in [0.2, 0.25) is 0 Å². The summed E-state index contributed by atoms with van der Waals surface area (Å²) in [6.07, 6.45) is 2.48. The van der Waals surface area contributed by atoms with Gasteiger partial charge in [0.2, 0.25) is 17.6 Å². The van der Waals surface area contributed by atoms with Crippen LogP contribution in [0.1, 0.15) is 68.2 Å². The Hall–Kier alpha value is -3.12. The summed E-state index contributed by atoms with van der Waals surface area (Å²) >= 11 is 0. The molecule has 39 heavy (non-hydrogen) atoms. The number of aromatic nitrogens is 2. The van der Waals surface area contributed by atoms with Crippen molar-refractivity contribution in [3.05, 3.63) is 47.2 Å². The number of nitrogens with two attached hydrogens (primary N) is 1. The van der Waals surface area contributed by atoms with E-state index in [9.17, 15) is 22.8 Å². The van der Waals surface area contributed by atoms with Gasteiger partial charge in [-0.25, -0.2) is 13.2 Å². The SMILES string of the molecule is Cc1cccc(Cc2nnc(C(=O)[C@H](C(C)C)N(C(=O)[C@@H](N)C(C)C)C(=O)N3CCC[C@H]3CS(C)(=O)=O)o2)c1. The summed E-state index contributed by atoms with van der Waals surface area (Å²) in [5.41, 5.74) is 8.19. The Labute approximate surface area is 230 Å². The summed E-state index contributed by atoms with van der Waals surface area (Å²) in [4.78, 5) is 43.6. The summed E-state index contributed by atoms with van der Waals surface area (Å²) < 4.78 is 29.8. The lowest BCUT2D eigenvalue weighted by molar-refractivity contribution is -0.133. The third-order valence-corrected chi connectivity index (χ3v) is 7.85. The molecule has 12 heteroatoms. The van der Waals surface area contributed by atoms with Crippen LogP contribution in [-0.4, -0.2) is 82.8 Å². The average Bonchev–Trinajstić information content (AvgIpc) is 3.49. The molecule has 1 aromatic heterocycles. The first-order valence-electron chi connectivity index (χ1n) is 13.2. The van der Waals surface area contributed by atoms with Gasteiger partial charge >= 0.3 is 6.03 Å². The molecule has 214 valence electrons. The van der Waals surface area contributed by atoms with Crippen molar-refractivity contribution in [2.24, 2.45) is 17.6 Å². The lowest BCUT2D eigenvalue weighted by Gasteiger charge is -2.37. The highest BCUT2D eigenvalue weighted by atomic mass is 32.2. The summed E-state index contributed by atoms with van der Waals surface area (Å²) in [5.74, 6) is -2.55. The van der Waals surface area contributed by atoms with Crippen molar-refractivity contribution < 1.29 is 27.2 Å². The molecule has 0 bridgehead atoms. The van der Waals surface area contributed by atoms with Crippen LogP contribution in [0.4, 0.5) is 4.79 Å². The Balaban J connectivity index is 1.97. The van der Waals surface area contributed by atoms with Gasteiger partial charge in [0.05, 0.1) is 18.2 Å².